The number of halogens is 4. The predicted molar refractivity (Wildman–Crippen MR) is 124 cm³/mol. The van der Waals surface area contributed by atoms with Crippen molar-refractivity contribution < 1.29 is 22.4 Å². The molecular weight excluding hydrogens is 428 g/mol. The number of hydrogen-bond donors (Lipinski definition) is 0. The Balaban J connectivity index is 1.99. The summed E-state index contributed by atoms with van der Waals surface area (Å²) in [7, 11) is 0. The first-order valence-corrected chi connectivity index (χ1v) is 11.1. The van der Waals surface area contributed by atoms with Crippen LogP contribution >= 0.6 is 0 Å². The molecular formula is C28H28F4O. The number of ketones is 1. The average Bonchev–Trinajstić information content (AvgIpc) is 2.76. The van der Waals surface area contributed by atoms with E-state index in [1.54, 1.807) is 19.1 Å². The fourth-order valence-corrected chi connectivity index (χ4v) is 4.03. The van der Waals surface area contributed by atoms with E-state index in [9.17, 15) is 22.4 Å². The maximum Gasteiger partial charge on any atom is 0.416 e. The molecule has 0 N–H and O–H groups in total. The topological polar surface area (TPSA) is 17.1 Å². The minimum Gasteiger partial charge on any atom is -0.299 e. The van der Waals surface area contributed by atoms with Gasteiger partial charge in [-0.3, -0.25) is 4.79 Å². The number of Topliss-reactive ketones (excluding diaryl/α,β-unsaturated/α-hetero) is 1. The van der Waals surface area contributed by atoms with Crippen molar-refractivity contribution in [3.8, 4) is 11.1 Å². The predicted octanol–water partition coefficient (Wildman–Crippen LogP) is 8.02. The second-order valence-electron chi connectivity index (χ2n) is 8.96. The molecule has 3 aromatic rings. The molecule has 1 atom stereocenters. The molecule has 0 aliphatic carbocycles. The SMILES string of the molecule is CC(=O)C(CC(C)C)c1cc(CCc2ccc(F)cc2)cc(-c2ccc(C(F)(F)F)cc2)c1. The fraction of sp³-hybridized carbons (Fsp3) is 0.321. The van der Waals surface area contributed by atoms with Gasteiger partial charge in [0, 0.05) is 5.92 Å². The van der Waals surface area contributed by atoms with Gasteiger partial charge in [-0.2, -0.15) is 13.2 Å². The Morgan fingerprint density at radius 2 is 1.42 bits per heavy atom. The molecule has 0 amide bonds. The molecule has 1 unspecified atom stereocenters. The van der Waals surface area contributed by atoms with E-state index in [1.807, 2.05) is 18.2 Å². The third kappa shape index (κ3) is 6.77. The Hall–Kier alpha value is -2.95. The second-order valence-corrected chi connectivity index (χ2v) is 8.96. The van der Waals surface area contributed by atoms with Crippen LogP contribution in [0.1, 0.15) is 55.4 Å². The lowest BCUT2D eigenvalue weighted by molar-refractivity contribution is -0.137. The molecule has 0 spiro atoms. The van der Waals surface area contributed by atoms with E-state index >= 15 is 0 Å². The summed E-state index contributed by atoms with van der Waals surface area (Å²) in [5, 5.41) is 0. The lowest BCUT2D eigenvalue weighted by Crippen LogP contribution is -2.12. The van der Waals surface area contributed by atoms with Crippen LogP contribution in [0.4, 0.5) is 17.6 Å². The van der Waals surface area contributed by atoms with Gasteiger partial charge in [0.15, 0.2) is 0 Å². The number of rotatable bonds is 8. The van der Waals surface area contributed by atoms with E-state index in [4.69, 9.17) is 0 Å². The van der Waals surface area contributed by atoms with Crippen molar-refractivity contribution in [2.45, 2.75) is 52.1 Å². The van der Waals surface area contributed by atoms with Gasteiger partial charge in [-0.25, -0.2) is 4.39 Å². The molecule has 0 aromatic heterocycles. The Morgan fingerprint density at radius 1 is 0.818 bits per heavy atom. The highest BCUT2D eigenvalue weighted by atomic mass is 19.4. The van der Waals surface area contributed by atoms with Gasteiger partial charge in [-0.05, 0) is 84.2 Å². The van der Waals surface area contributed by atoms with Crippen molar-refractivity contribution in [1.29, 1.82) is 0 Å². The van der Waals surface area contributed by atoms with Crippen molar-refractivity contribution in [3.05, 3.63) is 94.8 Å². The van der Waals surface area contributed by atoms with Crippen LogP contribution < -0.4 is 0 Å². The Kier molecular flexibility index (Phi) is 7.72. The lowest BCUT2D eigenvalue weighted by Gasteiger charge is -2.19. The molecule has 0 heterocycles. The van der Waals surface area contributed by atoms with E-state index in [1.165, 1.54) is 24.3 Å². The average molecular weight is 457 g/mol. The standard InChI is InChI=1S/C28H28F4O/c1-18(2)14-27(19(3)33)24-16-21(5-4-20-6-12-26(29)13-7-20)15-23(17-24)22-8-10-25(11-9-22)28(30,31)32/h6-13,15-18,27H,4-5,14H2,1-3H3. The summed E-state index contributed by atoms with van der Waals surface area (Å²) in [5.74, 6) is -0.179. The van der Waals surface area contributed by atoms with Crippen LogP contribution in [0.3, 0.4) is 0 Å². The molecule has 3 rings (SSSR count). The molecule has 0 saturated heterocycles. The number of hydrogen-bond acceptors (Lipinski definition) is 1. The highest BCUT2D eigenvalue weighted by Gasteiger charge is 2.30. The summed E-state index contributed by atoms with van der Waals surface area (Å²) >= 11 is 0. The van der Waals surface area contributed by atoms with E-state index in [0.29, 0.717) is 30.7 Å². The molecule has 33 heavy (non-hydrogen) atoms. The molecule has 0 saturated carbocycles. The van der Waals surface area contributed by atoms with Crippen molar-refractivity contribution in [2.75, 3.05) is 0 Å². The third-order valence-electron chi connectivity index (χ3n) is 5.78. The fourth-order valence-electron chi connectivity index (χ4n) is 4.03. The van der Waals surface area contributed by atoms with Gasteiger partial charge in [0.1, 0.15) is 11.6 Å². The quantitative estimate of drug-likeness (QED) is 0.314. The molecule has 0 aliphatic heterocycles. The number of carbonyl (C=O) groups is 1. The zero-order chi connectivity index (χ0) is 24.2. The zero-order valence-corrected chi connectivity index (χ0v) is 19.0. The maximum absolute atomic E-state index is 13.2. The van der Waals surface area contributed by atoms with Crippen LogP contribution in [0.25, 0.3) is 11.1 Å². The first-order valence-electron chi connectivity index (χ1n) is 11.1. The molecule has 5 heteroatoms. The number of alkyl halides is 3. The van der Waals surface area contributed by atoms with E-state index in [0.717, 1.165) is 34.4 Å². The van der Waals surface area contributed by atoms with Crippen LogP contribution in [-0.4, -0.2) is 5.78 Å². The van der Waals surface area contributed by atoms with Gasteiger partial charge < -0.3 is 0 Å². The number of aryl methyl sites for hydroxylation is 2. The molecule has 1 nitrogen and oxygen atoms in total. The monoisotopic (exact) mass is 456 g/mol. The largest absolute Gasteiger partial charge is 0.416 e. The lowest BCUT2D eigenvalue weighted by atomic mass is 9.84. The van der Waals surface area contributed by atoms with Gasteiger partial charge in [0.05, 0.1) is 5.56 Å². The molecule has 0 aliphatic rings. The Labute approximate surface area is 192 Å². The van der Waals surface area contributed by atoms with Gasteiger partial charge in [-0.15, -0.1) is 0 Å². The van der Waals surface area contributed by atoms with Crippen molar-refractivity contribution >= 4 is 5.78 Å². The van der Waals surface area contributed by atoms with Gasteiger partial charge in [0.25, 0.3) is 0 Å². The summed E-state index contributed by atoms with van der Waals surface area (Å²) in [6.07, 6.45) is -2.34. The maximum atomic E-state index is 13.2. The van der Waals surface area contributed by atoms with Gasteiger partial charge >= 0.3 is 6.18 Å². The third-order valence-corrected chi connectivity index (χ3v) is 5.78. The van der Waals surface area contributed by atoms with E-state index in [2.05, 4.69) is 13.8 Å². The summed E-state index contributed by atoms with van der Waals surface area (Å²) in [5.41, 5.74) is 3.61. The number of benzene rings is 3. The molecule has 0 bridgehead atoms. The van der Waals surface area contributed by atoms with Crippen LogP contribution in [0.2, 0.25) is 0 Å². The van der Waals surface area contributed by atoms with Crippen molar-refractivity contribution in [2.24, 2.45) is 5.92 Å². The summed E-state index contributed by atoms with van der Waals surface area (Å²) in [4.78, 5) is 12.4. The number of carbonyl (C=O) groups excluding carboxylic acids is 1. The first kappa shape index (κ1) is 24.7. The summed E-state index contributed by atoms with van der Waals surface area (Å²) in [6, 6.07) is 17.3. The smallest absolute Gasteiger partial charge is 0.299 e. The van der Waals surface area contributed by atoms with Crippen LogP contribution in [-0.2, 0) is 23.8 Å². The van der Waals surface area contributed by atoms with Crippen LogP contribution in [0.5, 0.6) is 0 Å². The van der Waals surface area contributed by atoms with Gasteiger partial charge in [0.2, 0.25) is 0 Å². The molecule has 174 valence electrons. The Morgan fingerprint density at radius 3 is 1.97 bits per heavy atom. The van der Waals surface area contributed by atoms with E-state index < -0.39 is 11.7 Å². The minimum absolute atomic E-state index is 0.0674. The second kappa shape index (κ2) is 10.3. The molecule has 3 aromatic carbocycles. The first-order chi connectivity index (χ1) is 15.5. The van der Waals surface area contributed by atoms with E-state index in [-0.39, 0.29) is 17.5 Å². The van der Waals surface area contributed by atoms with Crippen molar-refractivity contribution in [1.82, 2.24) is 0 Å². The van der Waals surface area contributed by atoms with Crippen molar-refractivity contribution in [3.63, 3.8) is 0 Å². The van der Waals surface area contributed by atoms with Crippen LogP contribution in [0, 0.1) is 11.7 Å². The van der Waals surface area contributed by atoms with Gasteiger partial charge in [-0.1, -0.05) is 56.3 Å². The highest BCUT2D eigenvalue weighted by Crippen LogP contribution is 2.34. The normalized spacial score (nSPS) is 12.7. The minimum atomic E-state index is -4.39. The Bertz CT molecular complexity index is 1080. The zero-order valence-electron chi connectivity index (χ0n) is 19.0. The summed E-state index contributed by atoms with van der Waals surface area (Å²) < 4.78 is 52.2. The molecule has 0 fully saturated rings. The summed E-state index contributed by atoms with van der Waals surface area (Å²) in [6.45, 7) is 5.70. The highest BCUT2D eigenvalue weighted by molar-refractivity contribution is 5.84. The molecule has 0 radical (unpaired) electrons. The van der Waals surface area contributed by atoms with Crippen LogP contribution in [0.15, 0.2) is 66.7 Å².